The summed E-state index contributed by atoms with van der Waals surface area (Å²) in [6.07, 6.45) is 0.148. The Morgan fingerprint density at radius 2 is 1.96 bits per heavy atom. The molecule has 0 spiro atoms. The highest BCUT2D eigenvalue weighted by Crippen LogP contribution is 2.29. The molecule has 0 saturated carbocycles. The number of nitrogens with two attached hydrogens (primary N) is 1. The van der Waals surface area contributed by atoms with E-state index in [1.807, 2.05) is 0 Å². The van der Waals surface area contributed by atoms with Crippen LogP contribution in [0.3, 0.4) is 0 Å². The highest BCUT2D eigenvalue weighted by atomic mass is 32.2. The van der Waals surface area contributed by atoms with Crippen LogP contribution in [0, 0.1) is 5.82 Å². The van der Waals surface area contributed by atoms with Crippen molar-refractivity contribution in [1.82, 2.24) is 4.72 Å². The van der Waals surface area contributed by atoms with E-state index in [4.69, 9.17) is 10.8 Å². The number of rotatable bonds is 4. The van der Waals surface area contributed by atoms with Gasteiger partial charge in [0.15, 0.2) is 0 Å². The maximum absolute atomic E-state index is 13.3. The van der Waals surface area contributed by atoms with E-state index in [9.17, 15) is 22.4 Å². The monoisotopic (exact) mass is 393 g/mol. The zero-order chi connectivity index (χ0) is 19.8. The van der Waals surface area contributed by atoms with Gasteiger partial charge in [-0.3, -0.25) is 4.90 Å². The normalized spacial score (nSPS) is 16.6. The fourth-order valence-electron chi connectivity index (χ4n) is 3.00. The van der Waals surface area contributed by atoms with E-state index >= 15 is 0 Å². The van der Waals surface area contributed by atoms with E-state index < -0.39 is 33.9 Å². The number of primary amides is 1. The molecule has 1 aliphatic rings. The van der Waals surface area contributed by atoms with Gasteiger partial charge in [0.1, 0.15) is 5.82 Å². The van der Waals surface area contributed by atoms with E-state index in [0.29, 0.717) is 11.3 Å². The third kappa shape index (κ3) is 3.91. The second-order valence-corrected chi connectivity index (χ2v) is 7.79. The number of anilines is 1. The lowest BCUT2D eigenvalue weighted by Gasteiger charge is -2.34. The Bertz CT molecular complexity index is 1020. The van der Waals surface area contributed by atoms with Gasteiger partial charge in [-0.2, -0.15) is 0 Å². The molecular formula is C17H16FN3O5S. The van der Waals surface area contributed by atoms with Crippen LogP contribution in [0.25, 0.3) is 0 Å². The van der Waals surface area contributed by atoms with E-state index in [0.717, 1.165) is 12.1 Å². The van der Waals surface area contributed by atoms with Gasteiger partial charge in [0.05, 0.1) is 10.5 Å². The van der Waals surface area contributed by atoms with Crippen LogP contribution in [0.4, 0.5) is 14.9 Å². The van der Waals surface area contributed by atoms with Crippen LogP contribution in [0.2, 0.25) is 0 Å². The number of carbonyl (C=O) groups excluding carboxylic acids is 1. The number of carboxylic acids is 1. The lowest BCUT2D eigenvalue weighted by atomic mass is 9.96. The SMILES string of the molecule is NC(=O)N1CC(NS(=O)(=O)c2cccc(F)c2)Cc2cc(C(=O)O)ccc21. The molecule has 1 aliphatic heterocycles. The number of nitrogens with zero attached hydrogens (tertiary/aromatic N) is 1. The van der Waals surface area contributed by atoms with Crippen LogP contribution in [-0.2, 0) is 16.4 Å². The van der Waals surface area contributed by atoms with Crippen molar-refractivity contribution in [3.8, 4) is 0 Å². The van der Waals surface area contributed by atoms with Crippen LogP contribution < -0.4 is 15.4 Å². The molecule has 0 aliphatic carbocycles. The molecule has 8 nitrogen and oxygen atoms in total. The van der Waals surface area contributed by atoms with Crippen molar-refractivity contribution in [3.63, 3.8) is 0 Å². The Kier molecular flexibility index (Phi) is 4.85. The molecule has 10 heteroatoms. The standard InChI is InChI=1S/C17H16FN3O5S/c18-12-2-1-3-14(8-12)27(25,26)20-13-7-11-6-10(16(22)23)4-5-15(11)21(9-13)17(19)24/h1-6,8,13,20H,7,9H2,(H2,19,24)(H,22,23). The smallest absolute Gasteiger partial charge is 0.335 e. The van der Waals surface area contributed by atoms with E-state index in [-0.39, 0.29) is 23.4 Å². The molecule has 0 bridgehead atoms. The van der Waals surface area contributed by atoms with Gasteiger partial charge in [0, 0.05) is 18.3 Å². The number of urea groups is 1. The first-order valence-electron chi connectivity index (χ1n) is 7.88. The number of amides is 2. The molecule has 142 valence electrons. The molecule has 27 heavy (non-hydrogen) atoms. The first kappa shape index (κ1) is 18.8. The number of nitrogens with one attached hydrogen (secondary N) is 1. The Labute approximate surface area is 154 Å². The zero-order valence-electron chi connectivity index (χ0n) is 13.9. The van der Waals surface area contributed by atoms with Crippen LogP contribution in [0.1, 0.15) is 15.9 Å². The second kappa shape index (κ2) is 6.97. The van der Waals surface area contributed by atoms with E-state index in [2.05, 4.69) is 4.72 Å². The van der Waals surface area contributed by atoms with E-state index in [1.165, 1.54) is 35.2 Å². The van der Waals surface area contributed by atoms with Gasteiger partial charge in [0.2, 0.25) is 10.0 Å². The van der Waals surface area contributed by atoms with Gasteiger partial charge in [-0.15, -0.1) is 0 Å². The number of carboxylic acid groups (broad SMARTS) is 1. The third-order valence-electron chi connectivity index (χ3n) is 4.18. The summed E-state index contributed by atoms with van der Waals surface area (Å²) < 4.78 is 40.8. The van der Waals surface area contributed by atoms with Gasteiger partial charge in [-0.1, -0.05) is 6.07 Å². The number of hydrogen-bond donors (Lipinski definition) is 3. The van der Waals surface area contributed by atoms with Crippen molar-refractivity contribution in [2.75, 3.05) is 11.4 Å². The van der Waals surface area contributed by atoms with Crippen LogP contribution in [0.5, 0.6) is 0 Å². The minimum absolute atomic E-state index is 0.00630. The molecule has 0 saturated heterocycles. The van der Waals surface area contributed by atoms with Gasteiger partial charge < -0.3 is 10.8 Å². The van der Waals surface area contributed by atoms with Crippen molar-refractivity contribution >= 4 is 27.7 Å². The number of hydrogen-bond acceptors (Lipinski definition) is 4. The maximum Gasteiger partial charge on any atom is 0.335 e. The molecule has 1 heterocycles. The summed E-state index contributed by atoms with van der Waals surface area (Å²) >= 11 is 0. The summed E-state index contributed by atoms with van der Waals surface area (Å²) in [4.78, 5) is 23.9. The predicted octanol–water partition coefficient (Wildman–Crippen LogP) is 1.31. The molecule has 2 aromatic carbocycles. The molecule has 1 atom stereocenters. The quantitative estimate of drug-likeness (QED) is 0.721. The van der Waals surface area contributed by atoms with Gasteiger partial charge in [-0.25, -0.2) is 27.1 Å². The Hall–Kier alpha value is -2.98. The Balaban J connectivity index is 1.93. The molecule has 2 aromatic rings. The number of halogens is 1. The third-order valence-corrected chi connectivity index (χ3v) is 5.70. The average Bonchev–Trinajstić information content (AvgIpc) is 2.60. The highest BCUT2D eigenvalue weighted by molar-refractivity contribution is 7.89. The first-order valence-corrected chi connectivity index (χ1v) is 9.37. The second-order valence-electron chi connectivity index (χ2n) is 6.08. The van der Waals surface area contributed by atoms with Gasteiger partial charge in [-0.05, 0) is 48.4 Å². The molecule has 0 fully saturated rings. The van der Waals surface area contributed by atoms with Crippen LogP contribution in [0.15, 0.2) is 47.4 Å². The summed E-state index contributed by atoms with van der Waals surface area (Å²) in [5.74, 6) is -1.84. The number of carbonyl (C=O) groups is 2. The molecular weight excluding hydrogens is 377 g/mol. The molecule has 2 amide bonds. The van der Waals surface area contributed by atoms with E-state index in [1.54, 1.807) is 0 Å². The molecule has 3 rings (SSSR count). The number of fused-ring (bicyclic) bond motifs is 1. The Morgan fingerprint density at radius 1 is 1.22 bits per heavy atom. The van der Waals surface area contributed by atoms with Gasteiger partial charge in [0.25, 0.3) is 0 Å². The maximum atomic E-state index is 13.3. The van der Waals surface area contributed by atoms with Crippen molar-refractivity contribution in [3.05, 3.63) is 59.4 Å². The predicted molar refractivity (Wildman–Crippen MR) is 94.5 cm³/mol. The van der Waals surface area contributed by atoms with Crippen LogP contribution >= 0.6 is 0 Å². The van der Waals surface area contributed by atoms with Crippen molar-refractivity contribution in [1.29, 1.82) is 0 Å². The molecule has 4 N–H and O–H groups in total. The summed E-state index contributed by atoms with van der Waals surface area (Å²) in [6, 6.07) is 7.14. The molecule has 1 unspecified atom stereocenters. The first-order chi connectivity index (χ1) is 12.7. The lowest BCUT2D eigenvalue weighted by Crippen LogP contribution is -2.51. The molecule has 0 radical (unpaired) electrons. The number of aromatic carboxylic acids is 1. The topological polar surface area (TPSA) is 130 Å². The lowest BCUT2D eigenvalue weighted by molar-refractivity contribution is 0.0696. The minimum Gasteiger partial charge on any atom is -0.478 e. The summed E-state index contributed by atoms with van der Waals surface area (Å²) in [5.41, 5.74) is 6.28. The number of sulfonamides is 1. The Morgan fingerprint density at radius 3 is 2.59 bits per heavy atom. The summed E-state index contributed by atoms with van der Waals surface area (Å²) in [7, 11) is -4.05. The van der Waals surface area contributed by atoms with Crippen molar-refractivity contribution in [2.45, 2.75) is 17.4 Å². The van der Waals surface area contributed by atoms with Crippen molar-refractivity contribution in [2.24, 2.45) is 5.73 Å². The average molecular weight is 393 g/mol. The zero-order valence-corrected chi connectivity index (χ0v) is 14.7. The van der Waals surface area contributed by atoms with Crippen LogP contribution in [-0.4, -0.2) is 38.1 Å². The summed E-state index contributed by atoms with van der Waals surface area (Å²) in [6.45, 7) is -0.0384. The fraction of sp³-hybridized carbons (Fsp3) is 0.176. The fourth-order valence-corrected chi connectivity index (χ4v) is 4.26. The van der Waals surface area contributed by atoms with Gasteiger partial charge >= 0.3 is 12.0 Å². The highest BCUT2D eigenvalue weighted by Gasteiger charge is 2.31. The van der Waals surface area contributed by atoms with Crippen molar-refractivity contribution < 1.29 is 27.5 Å². The summed E-state index contributed by atoms with van der Waals surface area (Å²) in [5, 5.41) is 9.14. The molecule has 0 aromatic heterocycles. The number of benzene rings is 2. The minimum atomic E-state index is -4.05. The largest absolute Gasteiger partial charge is 0.478 e.